The number of amides is 1. The Kier molecular flexibility index (Phi) is 5.85. The van der Waals surface area contributed by atoms with E-state index in [1.54, 1.807) is 42.5 Å². The summed E-state index contributed by atoms with van der Waals surface area (Å²) < 4.78 is 5.42. The molecule has 4 rings (SSSR count). The SMILES string of the molecule is Cc1ccccc1C(=O)Oc1ccc(C=NNC(=O)c2cccc3ccccc23)cc1. The summed E-state index contributed by atoms with van der Waals surface area (Å²) in [4.78, 5) is 24.8. The molecule has 0 aliphatic rings. The molecule has 0 aromatic heterocycles. The number of hydrogen-bond donors (Lipinski definition) is 1. The van der Waals surface area contributed by atoms with Gasteiger partial charge in [0, 0.05) is 5.56 Å². The number of esters is 1. The van der Waals surface area contributed by atoms with E-state index in [1.165, 1.54) is 6.21 Å². The summed E-state index contributed by atoms with van der Waals surface area (Å²) in [6.45, 7) is 1.86. The second kappa shape index (κ2) is 9.05. The number of ether oxygens (including phenoxy) is 1. The first-order chi connectivity index (χ1) is 15.1. The van der Waals surface area contributed by atoms with Crippen LogP contribution in [0.3, 0.4) is 0 Å². The minimum Gasteiger partial charge on any atom is -0.423 e. The number of hydrogen-bond acceptors (Lipinski definition) is 4. The van der Waals surface area contributed by atoms with Crippen molar-refractivity contribution in [2.75, 3.05) is 0 Å². The molecule has 0 spiro atoms. The lowest BCUT2D eigenvalue weighted by Gasteiger charge is -2.07. The molecule has 0 atom stereocenters. The van der Waals surface area contributed by atoms with Crippen molar-refractivity contribution in [1.29, 1.82) is 0 Å². The Morgan fingerprint density at radius 1 is 0.806 bits per heavy atom. The lowest BCUT2D eigenvalue weighted by atomic mass is 10.0. The van der Waals surface area contributed by atoms with Crippen molar-refractivity contribution in [1.82, 2.24) is 5.43 Å². The summed E-state index contributed by atoms with van der Waals surface area (Å²) in [6, 6.07) is 27.4. The predicted octanol–water partition coefficient (Wildman–Crippen LogP) is 5.13. The third kappa shape index (κ3) is 4.67. The van der Waals surface area contributed by atoms with Gasteiger partial charge in [-0.2, -0.15) is 5.10 Å². The maximum atomic E-state index is 12.5. The number of hydrazone groups is 1. The third-order valence-corrected chi connectivity index (χ3v) is 4.87. The molecule has 31 heavy (non-hydrogen) atoms. The van der Waals surface area contributed by atoms with Gasteiger partial charge in [0.25, 0.3) is 5.91 Å². The molecule has 5 nitrogen and oxygen atoms in total. The van der Waals surface area contributed by atoms with Gasteiger partial charge >= 0.3 is 5.97 Å². The van der Waals surface area contributed by atoms with Gasteiger partial charge in [-0.25, -0.2) is 10.2 Å². The van der Waals surface area contributed by atoms with Crippen LogP contribution in [0.15, 0.2) is 96.1 Å². The van der Waals surface area contributed by atoms with Crippen LogP contribution in [-0.4, -0.2) is 18.1 Å². The summed E-state index contributed by atoms with van der Waals surface area (Å²) in [6.07, 6.45) is 1.54. The zero-order valence-corrected chi connectivity index (χ0v) is 16.9. The molecule has 0 saturated carbocycles. The number of carbonyl (C=O) groups excluding carboxylic acids is 2. The van der Waals surface area contributed by atoms with Crippen LogP contribution in [0.5, 0.6) is 5.75 Å². The number of benzene rings is 4. The summed E-state index contributed by atoms with van der Waals surface area (Å²) in [5.41, 5.74) is 5.27. The minimum atomic E-state index is -0.401. The zero-order valence-electron chi connectivity index (χ0n) is 16.9. The molecule has 0 fully saturated rings. The van der Waals surface area contributed by atoms with E-state index in [0.29, 0.717) is 16.9 Å². The fourth-order valence-electron chi connectivity index (χ4n) is 3.23. The van der Waals surface area contributed by atoms with Crippen molar-refractivity contribution < 1.29 is 14.3 Å². The quantitative estimate of drug-likeness (QED) is 0.215. The van der Waals surface area contributed by atoms with Crippen molar-refractivity contribution in [3.63, 3.8) is 0 Å². The van der Waals surface area contributed by atoms with Gasteiger partial charge in [-0.3, -0.25) is 4.79 Å². The Morgan fingerprint density at radius 2 is 1.48 bits per heavy atom. The first-order valence-corrected chi connectivity index (χ1v) is 9.81. The molecule has 0 bridgehead atoms. The van der Waals surface area contributed by atoms with Crippen LogP contribution in [0.25, 0.3) is 10.8 Å². The van der Waals surface area contributed by atoms with E-state index in [1.807, 2.05) is 55.5 Å². The van der Waals surface area contributed by atoms with Crippen molar-refractivity contribution in [3.8, 4) is 5.75 Å². The number of nitrogens with zero attached hydrogens (tertiary/aromatic N) is 1. The van der Waals surface area contributed by atoms with Crippen molar-refractivity contribution in [2.24, 2.45) is 5.10 Å². The largest absolute Gasteiger partial charge is 0.423 e. The molecule has 4 aromatic carbocycles. The van der Waals surface area contributed by atoms with Gasteiger partial charge in [-0.05, 0) is 65.2 Å². The summed E-state index contributed by atoms with van der Waals surface area (Å²) in [5, 5.41) is 5.91. The third-order valence-electron chi connectivity index (χ3n) is 4.87. The van der Waals surface area contributed by atoms with Crippen molar-refractivity contribution >= 4 is 28.9 Å². The lowest BCUT2D eigenvalue weighted by Crippen LogP contribution is -2.17. The maximum absolute atomic E-state index is 12.5. The van der Waals surface area contributed by atoms with Crippen LogP contribution in [-0.2, 0) is 0 Å². The second-order valence-electron chi connectivity index (χ2n) is 7.00. The van der Waals surface area contributed by atoms with Crippen LogP contribution in [0.2, 0.25) is 0 Å². The summed E-state index contributed by atoms with van der Waals surface area (Å²) in [7, 11) is 0. The normalized spacial score (nSPS) is 10.9. The number of carbonyl (C=O) groups is 2. The van der Waals surface area contributed by atoms with E-state index in [-0.39, 0.29) is 5.91 Å². The maximum Gasteiger partial charge on any atom is 0.343 e. The van der Waals surface area contributed by atoms with E-state index in [2.05, 4.69) is 10.5 Å². The van der Waals surface area contributed by atoms with Gasteiger partial charge in [-0.1, -0.05) is 54.6 Å². The highest BCUT2D eigenvalue weighted by Gasteiger charge is 2.11. The lowest BCUT2D eigenvalue weighted by molar-refractivity contribution is 0.0733. The summed E-state index contributed by atoms with van der Waals surface area (Å²) >= 11 is 0. The molecule has 0 radical (unpaired) electrons. The highest BCUT2D eigenvalue weighted by molar-refractivity contribution is 6.07. The first-order valence-electron chi connectivity index (χ1n) is 9.81. The standard InChI is InChI=1S/C26H20N2O3/c1-18-7-2-4-10-22(18)26(30)31-21-15-13-19(14-16-21)17-27-28-25(29)24-12-6-9-20-8-3-5-11-23(20)24/h2-17H,1H3,(H,28,29). The number of aryl methyl sites for hydroxylation is 1. The van der Waals surface area contributed by atoms with E-state index in [9.17, 15) is 9.59 Å². The van der Waals surface area contributed by atoms with Crippen LogP contribution in [0, 0.1) is 6.92 Å². The highest BCUT2D eigenvalue weighted by Crippen LogP contribution is 2.18. The van der Waals surface area contributed by atoms with Gasteiger partial charge < -0.3 is 4.74 Å². The van der Waals surface area contributed by atoms with Gasteiger partial charge in [0.05, 0.1) is 11.8 Å². The average Bonchev–Trinajstić information content (AvgIpc) is 2.80. The Balaban J connectivity index is 1.39. The Hall–Kier alpha value is -4.25. The van der Waals surface area contributed by atoms with E-state index >= 15 is 0 Å². The van der Waals surface area contributed by atoms with E-state index in [0.717, 1.165) is 21.9 Å². The molecule has 0 heterocycles. The average molecular weight is 408 g/mol. The smallest absolute Gasteiger partial charge is 0.343 e. The van der Waals surface area contributed by atoms with Crippen molar-refractivity contribution in [2.45, 2.75) is 6.92 Å². The summed E-state index contributed by atoms with van der Waals surface area (Å²) in [5.74, 6) is -0.246. The number of nitrogens with one attached hydrogen (secondary N) is 1. The zero-order chi connectivity index (χ0) is 21.6. The molecule has 0 aliphatic heterocycles. The minimum absolute atomic E-state index is 0.281. The van der Waals surface area contributed by atoms with Gasteiger partial charge in [0.15, 0.2) is 0 Å². The molecule has 0 unspecified atom stereocenters. The topological polar surface area (TPSA) is 67.8 Å². The fraction of sp³-hybridized carbons (Fsp3) is 0.0385. The van der Waals surface area contributed by atoms with Crippen molar-refractivity contribution in [3.05, 3.63) is 113 Å². The van der Waals surface area contributed by atoms with Crippen LogP contribution in [0.4, 0.5) is 0 Å². The van der Waals surface area contributed by atoms with Gasteiger partial charge in [0.1, 0.15) is 5.75 Å². The molecule has 0 aliphatic carbocycles. The second-order valence-corrected chi connectivity index (χ2v) is 7.00. The monoisotopic (exact) mass is 408 g/mol. The molecule has 1 amide bonds. The molecule has 5 heteroatoms. The van der Waals surface area contributed by atoms with Gasteiger partial charge in [0.2, 0.25) is 0 Å². The molecule has 4 aromatic rings. The van der Waals surface area contributed by atoms with Crippen LogP contribution < -0.4 is 10.2 Å². The predicted molar refractivity (Wildman–Crippen MR) is 122 cm³/mol. The highest BCUT2D eigenvalue weighted by atomic mass is 16.5. The molecule has 1 N–H and O–H groups in total. The fourth-order valence-corrected chi connectivity index (χ4v) is 3.23. The van der Waals surface area contributed by atoms with E-state index in [4.69, 9.17) is 4.74 Å². The Labute approximate surface area is 180 Å². The molecular weight excluding hydrogens is 388 g/mol. The Morgan fingerprint density at radius 3 is 2.29 bits per heavy atom. The van der Waals surface area contributed by atoms with Crippen LogP contribution in [0.1, 0.15) is 31.8 Å². The van der Waals surface area contributed by atoms with Gasteiger partial charge in [-0.15, -0.1) is 0 Å². The molecular formula is C26H20N2O3. The number of fused-ring (bicyclic) bond motifs is 1. The Bertz CT molecular complexity index is 1270. The van der Waals surface area contributed by atoms with E-state index < -0.39 is 5.97 Å². The molecule has 0 saturated heterocycles. The number of rotatable bonds is 5. The molecule has 152 valence electrons. The van der Waals surface area contributed by atoms with Crippen LogP contribution >= 0.6 is 0 Å². The first kappa shape index (κ1) is 20.0.